The Labute approximate surface area is 134 Å². The molecular weight excluding hydrogens is 388 g/mol. The Balaban J connectivity index is 1.98. The molecule has 0 saturated carbocycles. The zero-order chi connectivity index (χ0) is 14.7. The minimum Gasteiger partial charge on any atom is -0.452 e. The second-order valence-electron chi connectivity index (χ2n) is 4.46. The maximum absolute atomic E-state index is 12.1. The predicted molar refractivity (Wildman–Crippen MR) is 85.8 cm³/mol. The zero-order valence-electron chi connectivity index (χ0n) is 11.1. The topological polar surface area (TPSA) is 45.5 Å². The molecule has 0 bridgehead atoms. The Morgan fingerprint density at radius 3 is 2.65 bits per heavy atom. The molecule has 0 saturated heterocycles. The van der Waals surface area contributed by atoms with Crippen LogP contribution in [0.4, 0.5) is 10.5 Å². The summed E-state index contributed by atoms with van der Waals surface area (Å²) in [5.41, 5.74) is 1.87. The zero-order valence-corrected chi connectivity index (χ0v) is 14.3. The molecule has 106 valence electrons. The van der Waals surface area contributed by atoms with Gasteiger partial charge in [0.05, 0.1) is 6.54 Å². The van der Waals surface area contributed by atoms with Gasteiger partial charge in [0, 0.05) is 17.2 Å². The number of nitrogens with one attached hydrogen (secondary N) is 1. The van der Waals surface area contributed by atoms with E-state index in [0.717, 1.165) is 21.5 Å². The molecule has 4 nitrogen and oxygen atoms in total. The fourth-order valence-corrected chi connectivity index (χ4v) is 2.35. The van der Waals surface area contributed by atoms with Gasteiger partial charge >= 0.3 is 6.03 Å². The lowest BCUT2D eigenvalue weighted by Gasteiger charge is -2.17. The number of hydrogen-bond acceptors (Lipinski definition) is 2. The highest BCUT2D eigenvalue weighted by molar-refractivity contribution is 9.10. The third-order valence-electron chi connectivity index (χ3n) is 2.79. The lowest BCUT2D eigenvalue weighted by Crippen LogP contribution is -2.30. The maximum atomic E-state index is 12.1. The van der Waals surface area contributed by atoms with Crippen molar-refractivity contribution >= 4 is 43.6 Å². The normalized spacial score (nSPS) is 10.4. The third-order valence-corrected chi connectivity index (χ3v) is 4.07. The van der Waals surface area contributed by atoms with E-state index in [1.54, 1.807) is 18.0 Å². The van der Waals surface area contributed by atoms with Crippen molar-refractivity contribution in [1.29, 1.82) is 0 Å². The van der Waals surface area contributed by atoms with Crippen molar-refractivity contribution in [3.05, 3.63) is 50.8 Å². The van der Waals surface area contributed by atoms with E-state index in [9.17, 15) is 4.79 Å². The Morgan fingerprint density at radius 1 is 1.30 bits per heavy atom. The van der Waals surface area contributed by atoms with Crippen LogP contribution >= 0.6 is 31.9 Å². The van der Waals surface area contributed by atoms with Crippen LogP contribution in [0.15, 0.2) is 43.9 Å². The molecule has 2 aromatic rings. The number of carbonyl (C=O) groups is 1. The number of rotatable bonds is 3. The van der Waals surface area contributed by atoms with Gasteiger partial charge in [-0.05, 0) is 52.7 Å². The first kappa shape index (κ1) is 15.1. The highest BCUT2D eigenvalue weighted by Gasteiger charge is 2.11. The molecule has 1 heterocycles. The van der Waals surface area contributed by atoms with Gasteiger partial charge < -0.3 is 14.6 Å². The molecular formula is C14H14Br2N2O2. The predicted octanol–water partition coefficient (Wildman–Crippen LogP) is 4.78. The van der Waals surface area contributed by atoms with Crippen LogP contribution in [-0.4, -0.2) is 18.0 Å². The van der Waals surface area contributed by atoms with Crippen LogP contribution < -0.4 is 5.32 Å². The van der Waals surface area contributed by atoms with Crippen LogP contribution in [0.3, 0.4) is 0 Å². The van der Waals surface area contributed by atoms with Gasteiger partial charge in [0.1, 0.15) is 5.76 Å². The summed E-state index contributed by atoms with van der Waals surface area (Å²) in [6, 6.07) is 9.14. The van der Waals surface area contributed by atoms with E-state index in [0.29, 0.717) is 11.2 Å². The quantitative estimate of drug-likeness (QED) is 0.804. The number of furan rings is 1. The largest absolute Gasteiger partial charge is 0.452 e. The van der Waals surface area contributed by atoms with Gasteiger partial charge in [-0.1, -0.05) is 22.0 Å². The van der Waals surface area contributed by atoms with Crippen LogP contribution in [-0.2, 0) is 6.54 Å². The van der Waals surface area contributed by atoms with Gasteiger partial charge in [-0.15, -0.1) is 0 Å². The number of carbonyl (C=O) groups excluding carboxylic acids is 1. The summed E-state index contributed by atoms with van der Waals surface area (Å²) < 4.78 is 7.00. The van der Waals surface area contributed by atoms with Gasteiger partial charge in [-0.2, -0.15) is 0 Å². The van der Waals surface area contributed by atoms with Crippen molar-refractivity contribution in [2.24, 2.45) is 0 Å². The Kier molecular flexibility index (Phi) is 4.88. The first-order valence-corrected chi connectivity index (χ1v) is 7.57. The van der Waals surface area contributed by atoms with E-state index in [1.165, 1.54) is 0 Å². The summed E-state index contributed by atoms with van der Waals surface area (Å²) >= 11 is 6.68. The highest BCUT2D eigenvalue weighted by Crippen LogP contribution is 2.21. The first-order chi connectivity index (χ1) is 9.45. The summed E-state index contributed by atoms with van der Waals surface area (Å²) in [7, 11) is 1.72. The SMILES string of the molecule is Cc1ccc(NC(=O)N(C)Cc2ccc(Br)o2)cc1Br. The van der Waals surface area contributed by atoms with Crippen molar-refractivity contribution in [3.8, 4) is 0 Å². The minimum atomic E-state index is -0.187. The molecule has 6 heteroatoms. The molecule has 2 rings (SSSR count). The van der Waals surface area contributed by atoms with Crippen LogP contribution in [0.1, 0.15) is 11.3 Å². The maximum Gasteiger partial charge on any atom is 0.321 e. The first-order valence-electron chi connectivity index (χ1n) is 5.98. The number of hydrogen-bond donors (Lipinski definition) is 1. The van der Waals surface area contributed by atoms with E-state index >= 15 is 0 Å². The van der Waals surface area contributed by atoms with E-state index in [4.69, 9.17) is 4.42 Å². The van der Waals surface area contributed by atoms with Crippen molar-refractivity contribution in [1.82, 2.24) is 4.90 Å². The molecule has 0 aliphatic carbocycles. The fraction of sp³-hybridized carbons (Fsp3) is 0.214. The van der Waals surface area contributed by atoms with Gasteiger partial charge in [-0.25, -0.2) is 4.79 Å². The number of nitrogens with zero attached hydrogens (tertiary/aromatic N) is 1. The lowest BCUT2D eigenvalue weighted by molar-refractivity contribution is 0.216. The number of anilines is 1. The summed E-state index contributed by atoms with van der Waals surface area (Å²) in [5.74, 6) is 0.722. The molecule has 0 aliphatic heterocycles. The molecule has 0 radical (unpaired) electrons. The molecule has 0 fully saturated rings. The summed E-state index contributed by atoms with van der Waals surface area (Å²) in [5, 5.41) is 2.84. The molecule has 0 spiro atoms. The Bertz CT molecular complexity index is 625. The van der Waals surface area contributed by atoms with Crippen LogP contribution in [0.5, 0.6) is 0 Å². The number of amides is 2. The van der Waals surface area contributed by atoms with Crippen LogP contribution in [0.2, 0.25) is 0 Å². The Morgan fingerprint density at radius 2 is 2.05 bits per heavy atom. The van der Waals surface area contributed by atoms with Gasteiger partial charge in [0.2, 0.25) is 0 Å². The average Bonchev–Trinajstić information content (AvgIpc) is 2.79. The summed E-state index contributed by atoms with van der Waals surface area (Å²) in [6.45, 7) is 2.40. The lowest BCUT2D eigenvalue weighted by atomic mass is 10.2. The average molecular weight is 402 g/mol. The van der Waals surface area contributed by atoms with Gasteiger partial charge in [0.15, 0.2) is 4.67 Å². The Hall–Kier alpha value is -1.27. The fourth-order valence-electron chi connectivity index (χ4n) is 1.63. The molecule has 20 heavy (non-hydrogen) atoms. The van der Waals surface area contributed by atoms with E-state index in [-0.39, 0.29) is 6.03 Å². The molecule has 2 amide bonds. The second kappa shape index (κ2) is 6.45. The minimum absolute atomic E-state index is 0.187. The standard InChI is InChI=1S/C14H14Br2N2O2/c1-9-3-4-10(7-12(9)15)17-14(19)18(2)8-11-5-6-13(16)20-11/h3-7H,8H2,1-2H3,(H,17,19). The van der Waals surface area contributed by atoms with Crippen molar-refractivity contribution < 1.29 is 9.21 Å². The molecule has 0 atom stereocenters. The molecule has 0 unspecified atom stereocenters. The van der Waals surface area contributed by atoms with E-state index in [2.05, 4.69) is 37.2 Å². The third kappa shape index (κ3) is 3.86. The second-order valence-corrected chi connectivity index (χ2v) is 6.09. The molecule has 0 aliphatic rings. The number of aryl methyl sites for hydroxylation is 1. The number of halogens is 2. The number of benzene rings is 1. The van der Waals surface area contributed by atoms with Gasteiger partial charge in [-0.3, -0.25) is 0 Å². The smallest absolute Gasteiger partial charge is 0.321 e. The van der Waals surface area contributed by atoms with Gasteiger partial charge in [0.25, 0.3) is 0 Å². The van der Waals surface area contributed by atoms with Crippen LogP contribution in [0, 0.1) is 6.92 Å². The van der Waals surface area contributed by atoms with E-state index in [1.807, 2.05) is 31.2 Å². The van der Waals surface area contributed by atoms with Crippen LogP contribution in [0.25, 0.3) is 0 Å². The highest BCUT2D eigenvalue weighted by atomic mass is 79.9. The molecule has 1 N–H and O–H groups in total. The van der Waals surface area contributed by atoms with E-state index < -0.39 is 0 Å². The van der Waals surface area contributed by atoms with Crippen molar-refractivity contribution in [3.63, 3.8) is 0 Å². The van der Waals surface area contributed by atoms with Crippen molar-refractivity contribution in [2.75, 3.05) is 12.4 Å². The summed E-state index contributed by atoms with van der Waals surface area (Å²) in [4.78, 5) is 13.6. The monoisotopic (exact) mass is 400 g/mol. The number of urea groups is 1. The molecule has 1 aromatic carbocycles. The molecule has 1 aromatic heterocycles. The summed E-state index contributed by atoms with van der Waals surface area (Å²) in [6.07, 6.45) is 0. The van der Waals surface area contributed by atoms with Crippen molar-refractivity contribution in [2.45, 2.75) is 13.5 Å².